The molecule has 3 N–H and O–H groups in total. The van der Waals surface area contributed by atoms with Crippen molar-refractivity contribution in [2.75, 3.05) is 38.1 Å². The molecule has 180 valence electrons. The van der Waals surface area contributed by atoms with Crippen LogP contribution in [0.3, 0.4) is 0 Å². The molecule has 34 heavy (non-hydrogen) atoms. The first-order valence-electron chi connectivity index (χ1n) is 11.9. The van der Waals surface area contributed by atoms with Gasteiger partial charge < -0.3 is 15.5 Å². The summed E-state index contributed by atoms with van der Waals surface area (Å²) in [4.78, 5) is 26.0. The molecule has 2 aliphatic heterocycles. The number of aliphatic carboxylic acids is 1. The zero-order valence-electron chi connectivity index (χ0n) is 19.3. The highest BCUT2D eigenvalue weighted by molar-refractivity contribution is 6.04. The van der Waals surface area contributed by atoms with Gasteiger partial charge in [-0.05, 0) is 73.1 Å². The van der Waals surface area contributed by atoms with Crippen molar-refractivity contribution in [3.63, 3.8) is 0 Å². The maximum Gasteiger partial charge on any atom is 0.317 e. The normalized spacial score (nSPS) is 18.6. The Morgan fingerprint density at radius 3 is 2.53 bits per heavy atom. The lowest BCUT2D eigenvalue weighted by atomic mass is 9.90. The number of hydrazone groups is 1. The molecule has 1 unspecified atom stereocenters. The molecule has 0 saturated carbocycles. The molecule has 0 aromatic heterocycles. The van der Waals surface area contributed by atoms with E-state index in [-0.39, 0.29) is 25.1 Å². The topological polar surface area (TPSA) is 105 Å². The second-order valence-corrected chi connectivity index (χ2v) is 8.89. The summed E-state index contributed by atoms with van der Waals surface area (Å²) >= 11 is 0. The molecule has 8 heteroatoms. The fraction of sp³-hybridized carbons (Fsp3) is 0.423. The Hall–Kier alpha value is -3.23. The molecule has 1 atom stereocenters. The standard InChI is InChI=1S/C26H32N4O4/c31-15-11-24-23-16-22(9-8-20(23)10-14-29(24)18-25(32)33)28-26(34)21-6-4-19(5-7-21)17-27-30-12-2-1-3-13-30/h4-9,16-17,24,31H,1-3,10-15,18H2,(H,28,34)(H,32,33). The number of fused-ring (bicyclic) bond motifs is 1. The zero-order chi connectivity index (χ0) is 23.9. The number of anilines is 1. The van der Waals surface area contributed by atoms with Gasteiger partial charge in [-0.15, -0.1) is 0 Å². The molecule has 1 amide bonds. The van der Waals surface area contributed by atoms with E-state index in [0.29, 0.717) is 24.2 Å². The first-order chi connectivity index (χ1) is 16.5. The van der Waals surface area contributed by atoms with Crippen molar-refractivity contribution >= 4 is 23.8 Å². The smallest absolute Gasteiger partial charge is 0.317 e. The van der Waals surface area contributed by atoms with Gasteiger partial charge in [0.15, 0.2) is 0 Å². The van der Waals surface area contributed by atoms with Crippen LogP contribution in [-0.4, -0.2) is 71.0 Å². The lowest BCUT2D eigenvalue weighted by Crippen LogP contribution is -2.39. The van der Waals surface area contributed by atoms with E-state index in [9.17, 15) is 19.8 Å². The monoisotopic (exact) mass is 464 g/mol. The molecule has 1 saturated heterocycles. The summed E-state index contributed by atoms with van der Waals surface area (Å²) in [7, 11) is 0. The van der Waals surface area contributed by atoms with Crippen LogP contribution in [-0.2, 0) is 11.2 Å². The summed E-state index contributed by atoms with van der Waals surface area (Å²) in [5, 5.41) is 28.4. The van der Waals surface area contributed by atoms with Crippen LogP contribution >= 0.6 is 0 Å². The number of amides is 1. The number of nitrogens with zero attached hydrogens (tertiary/aromatic N) is 3. The number of aliphatic hydroxyl groups excluding tert-OH is 1. The maximum atomic E-state index is 12.8. The van der Waals surface area contributed by atoms with Gasteiger partial charge in [-0.1, -0.05) is 18.2 Å². The number of aliphatic hydroxyl groups is 1. The number of carbonyl (C=O) groups excluding carboxylic acids is 1. The van der Waals surface area contributed by atoms with Crippen molar-refractivity contribution in [3.05, 3.63) is 64.7 Å². The molecule has 0 radical (unpaired) electrons. The van der Waals surface area contributed by atoms with Crippen molar-refractivity contribution in [3.8, 4) is 0 Å². The quantitative estimate of drug-likeness (QED) is 0.519. The number of hydrogen-bond donors (Lipinski definition) is 3. The Kier molecular flexibility index (Phi) is 7.92. The Balaban J connectivity index is 1.43. The summed E-state index contributed by atoms with van der Waals surface area (Å²) in [6.45, 7) is 2.50. The summed E-state index contributed by atoms with van der Waals surface area (Å²) in [6, 6.07) is 12.9. The van der Waals surface area contributed by atoms with E-state index in [4.69, 9.17) is 0 Å². The van der Waals surface area contributed by atoms with Crippen LogP contribution in [0.15, 0.2) is 47.6 Å². The van der Waals surface area contributed by atoms with Crippen LogP contribution in [0.5, 0.6) is 0 Å². The highest BCUT2D eigenvalue weighted by Gasteiger charge is 2.28. The van der Waals surface area contributed by atoms with Crippen LogP contribution in [0.2, 0.25) is 0 Å². The maximum absolute atomic E-state index is 12.8. The molecule has 0 aliphatic carbocycles. The molecule has 2 heterocycles. The number of carboxylic acid groups (broad SMARTS) is 1. The summed E-state index contributed by atoms with van der Waals surface area (Å²) < 4.78 is 0. The van der Waals surface area contributed by atoms with Gasteiger partial charge in [0, 0.05) is 43.5 Å². The van der Waals surface area contributed by atoms with Gasteiger partial charge >= 0.3 is 5.97 Å². The molecule has 2 aromatic carbocycles. The summed E-state index contributed by atoms with van der Waals surface area (Å²) in [6.07, 6.45) is 6.63. The first-order valence-corrected chi connectivity index (χ1v) is 11.9. The Morgan fingerprint density at radius 2 is 1.82 bits per heavy atom. The van der Waals surface area contributed by atoms with Crippen molar-refractivity contribution < 1.29 is 19.8 Å². The molecular formula is C26H32N4O4. The highest BCUT2D eigenvalue weighted by Crippen LogP contribution is 2.34. The van der Waals surface area contributed by atoms with Gasteiger partial charge in [-0.25, -0.2) is 0 Å². The van der Waals surface area contributed by atoms with Gasteiger partial charge in [0.25, 0.3) is 5.91 Å². The van der Waals surface area contributed by atoms with E-state index in [0.717, 1.165) is 36.2 Å². The SMILES string of the molecule is O=C(O)CN1CCc2ccc(NC(=O)c3ccc(C=NN4CCCCC4)cc3)cc2C1CCO. The minimum absolute atomic E-state index is 0.0375. The lowest BCUT2D eigenvalue weighted by Gasteiger charge is -2.36. The van der Waals surface area contributed by atoms with E-state index in [1.165, 1.54) is 19.3 Å². The van der Waals surface area contributed by atoms with Crippen molar-refractivity contribution in [2.45, 2.75) is 38.1 Å². The van der Waals surface area contributed by atoms with Gasteiger partial charge in [0.1, 0.15) is 0 Å². The number of benzene rings is 2. The number of hydrogen-bond acceptors (Lipinski definition) is 6. The molecule has 8 nitrogen and oxygen atoms in total. The number of carboxylic acids is 1. The molecule has 2 aromatic rings. The third kappa shape index (κ3) is 6.01. The summed E-state index contributed by atoms with van der Waals surface area (Å²) in [5.41, 5.74) is 4.23. The second-order valence-electron chi connectivity index (χ2n) is 8.89. The summed E-state index contributed by atoms with van der Waals surface area (Å²) in [5.74, 6) is -1.10. The molecule has 2 aliphatic rings. The van der Waals surface area contributed by atoms with Gasteiger partial charge in [0.2, 0.25) is 0 Å². The van der Waals surface area contributed by atoms with Crippen molar-refractivity contribution in [2.24, 2.45) is 5.10 Å². The van der Waals surface area contributed by atoms with Crippen LogP contribution < -0.4 is 5.32 Å². The van der Waals surface area contributed by atoms with E-state index < -0.39 is 5.97 Å². The number of nitrogens with one attached hydrogen (secondary N) is 1. The third-order valence-electron chi connectivity index (χ3n) is 6.49. The van der Waals surface area contributed by atoms with Gasteiger partial charge in [-0.2, -0.15) is 5.10 Å². The van der Waals surface area contributed by atoms with E-state index in [1.807, 2.05) is 41.4 Å². The van der Waals surface area contributed by atoms with Gasteiger partial charge in [-0.3, -0.25) is 19.5 Å². The Bertz CT molecular complexity index is 1030. The minimum atomic E-state index is -0.889. The third-order valence-corrected chi connectivity index (χ3v) is 6.49. The van der Waals surface area contributed by atoms with E-state index >= 15 is 0 Å². The largest absolute Gasteiger partial charge is 0.480 e. The number of piperidine rings is 1. The predicted molar refractivity (Wildman–Crippen MR) is 131 cm³/mol. The van der Waals surface area contributed by atoms with Crippen molar-refractivity contribution in [1.29, 1.82) is 0 Å². The molecule has 1 fully saturated rings. The average Bonchev–Trinajstić information content (AvgIpc) is 2.85. The second kappa shape index (κ2) is 11.3. The van der Waals surface area contributed by atoms with Gasteiger partial charge in [0.05, 0.1) is 12.8 Å². The average molecular weight is 465 g/mol. The van der Waals surface area contributed by atoms with Crippen LogP contribution in [0, 0.1) is 0 Å². The van der Waals surface area contributed by atoms with E-state index in [2.05, 4.69) is 15.4 Å². The molecular weight excluding hydrogens is 432 g/mol. The fourth-order valence-electron chi connectivity index (χ4n) is 4.72. The minimum Gasteiger partial charge on any atom is -0.480 e. The van der Waals surface area contributed by atoms with Crippen LogP contribution in [0.25, 0.3) is 0 Å². The fourth-order valence-corrected chi connectivity index (χ4v) is 4.72. The van der Waals surface area contributed by atoms with Crippen LogP contribution in [0.1, 0.15) is 58.8 Å². The lowest BCUT2D eigenvalue weighted by molar-refractivity contribution is -0.139. The number of carbonyl (C=O) groups is 2. The highest BCUT2D eigenvalue weighted by atomic mass is 16.4. The zero-order valence-corrected chi connectivity index (χ0v) is 19.3. The Labute approximate surface area is 199 Å². The van der Waals surface area contributed by atoms with E-state index in [1.54, 1.807) is 12.1 Å². The van der Waals surface area contributed by atoms with Crippen LogP contribution in [0.4, 0.5) is 5.69 Å². The molecule has 0 spiro atoms. The Morgan fingerprint density at radius 1 is 1.06 bits per heavy atom. The molecule has 0 bridgehead atoms. The molecule has 4 rings (SSSR count). The predicted octanol–water partition coefficient (Wildman–Crippen LogP) is 3.12. The number of rotatable bonds is 8. The first kappa shape index (κ1) is 23.9. The van der Waals surface area contributed by atoms with Crippen molar-refractivity contribution in [1.82, 2.24) is 9.91 Å².